The van der Waals surface area contributed by atoms with Crippen LogP contribution in [0.25, 0.3) is 0 Å². The van der Waals surface area contributed by atoms with Gasteiger partial charge >= 0.3 is 6.18 Å². The zero-order valence-corrected chi connectivity index (χ0v) is 10.7. The number of hydrogen-bond acceptors (Lipinski definition) is 1. The molecule has 1 aromatic rings. The van der Waals surface area contributed by atoms with Crippen molar-refractivity contribution >= 4 is 11.6 Å². The maximum absolute atomic E-state index is 12.3. The van der Waals surface area contributed by atoms with Crippen LogP contribution >= 0.6 is 11.6 Å². The first kappa shape index (κ1) is 13.5. The minimum absolute atomic E-state index is 0.0232. The van der Waals surface area contributed by atoms with E-state index in [4.69, 9.17) is 16.3 Å². The van der Waals surface area contributed by atoms with Gasteiger partial charge in [0.1, 0.15) is 5.75 Å². The lowest BCUT2D eigenvalue weighted by molar-refractivity contribution is -0.210. The highest BCUT2D eigenvalue weighted by Crippen LogP contribution is 2.43. The SMILES string of the molecule is CCc1ccc(OC2CC(C(F)(F)F)C2)c(Cl)c1. The van der Waals surface area contributed by atoms with Crippen molar-refractivity contribution in [2.24, 2.45) is 5.92 Å². The smallest absolute Gasteiger partial charge is 0.392 e. The first-order valence-electron chi connectivity index (χ1n) is 5.92. The molecule has 0 spiro atoms. The largest absolute Gasteiger partial charge is 0.489 e. The van der Waals surface area contributed by atoms with E-state index in [2.05, 4.69) is 0 Å². The van der Waals surface area contributed by atoms with E-state index in [9.17, 15) is 13.2 Å². The molecule has 1 aromatic carbocycles. The van der Waals surface area contributed by atoms with Crippen LogP contribution in [0.15, 0.2) is 18.2 Å². The van der Waals surface area contributed by atoms with E-state index in [1.807, 2.05) is 13.0 Å². The number of ether oxygens (including phenoxy) is 1. The van der Waals surface area contributed by atoms with Crippen molar-refractivity contribution in [2.75, 3.05) is 0 Å². The summed E-state index contributed by atoms with van der Waals surface area (Å²) in [6.07, 6.45) is -3.57. The summed E-state index contributed by atoms with van der Waals surface area (Å²) in [4.78, 5) is 0. The molecule has 0 heterocycles. The van der Waals surface area contributed by atoms with Gasteiger partial charge in [0.2, 0.25) is 0 Å². The highest BCUT2D eigenvalue weighted by molar-refractivity contribution is 6.32. The van der Waals surface area contributed by atoms with E-state index >= 15 is 0 Å². The van der Waals surface area contributed by atoms with Crippen molar-refractivity contribution in [1.82, 2.24) is 0 Å². The fourth-order valence-electron chi connectivity index (χ4n) is 1.97. The van der Waals surface area contributed by atoms with Gasteiger partial charge in [0.15, 0.2) is 0 Å². The summed E-state index contributed by atoms with van der Waals surface area (Å²) in [5, 5.41) is 0.463. The Hall–Kier alpha value is -0.900. The molecular formula is C13H14ClF3O. The molecule has 0 radical (unpaired) electrons. The normalized spacial score (nSPS) is 23.6. The Balaban J connectivity index is 1.92. The molecule has 1 aliphatic rings. The fraction of sp³-hybridized carbons (Fsp3) is 0.538. The molecular weight excluding hydrogens is 265 g/mol. The Kier molecular flexibility index (Phi) is 3.76. The molecule has 1 fully saturated rings. The van der Waals surface area contributed by atoms with Crippen LogP contribution in [0.1, 0.15) is 25.3 Å². The number of aryl methyl sites for hydroxylation is 1. The quantitative estimate of drug-likeness (QED) is 0.784. The maximum Gasteiger partial charge on any atom is 0.392 e. The summed E-state index contributed by atoms with van der Waals surface area (Å²) in [7, 11) is 0. The second kappa shape index (κ2) is 5.00. The predicted octanol–water partition coefficient (Wildman–Crippen LogP) is 4.62. The average molecular weight is 279 g/mol. The lowest BCUT2D eigenvalue weighted by atomic mass is 9.82. The van der Waals surface area contributed by atoms with Crippen molar-refractivity contribution < 1.29 is 17.9 Å². The van der Waals surface area contributed by atoms with Crippen molar-refractivity contribution in [3.63, 3.8) is 0 Å². The van der Waals surface area contributed by atoms with Gasteiger partial charge in [-0.15, -0.1) is 0 Å². The van der Waals surface area contributed by atoms with E-state index in [1.165, 1.54) is 0 Å². The standard InChI is InChI=1S/C13H14ClF3O/c1-2-8-3-4-12(11(14)5-8)18-10-6-9(7-10)13(15,16)17/h3-5,9-10H,2,6-7H2,1H3. The van der Waals surface area contributed by atoms with Crippen molar-refractivity contribution in [3.8, 4) is 5.75 Å². The molecule has 0 aromatic heterocycles. The molecule has 1 nitrogen and oxygen atoms in total. The van der Waals surface area contributed by atoms with Crippen LogP contribution < -0.4 is 4.74 Å². The molecule has 5 heteroatoms. The van der Waals surface area contributed by atoms with Gasteiger partial charge in [-0.3, -0.25) is 0 Å². The van der Waals surface area contributed by atoms with Crippen LogP contribution in [-0.2, 0) is 6.42 Å². The predicted molar refractivity (Wildman–Crippen MR) is 64.0 cm³/mol. The lowest BCUT2D eigenvalue weighted by Crippen LogP contribution is -2.42. The fourth-order valence-corrected chi connectivity index (χ4v) is 2.22. The monoisotopic (exact) mass is 278 g/mol. The van der Waals surface area contributed by atoms with Gasteiger partial charge in [-0.25, -0.2) is 0 Å². The van der Waals surface area contributed by atoms with Crippen molar-refractivity contribution in [2.45, 2.75) is 38.5 Å². The summed E-state index contributed by atoms with van der Waals surface area (Å²) < 4.78 is 42.4. The summed E-state index contributed by atoms with van der Waals surface area (Å²) >= 11 is 6.01. The zero-order valence-electron chi connectivity index (χ0n) is 9.93. The first-order chi connectivity index (χ1) is 8.40. The molecule has 100 valence electrons. The highest BCUT2D eigenvalue weighted by Gasteiger charge is 2.48. The third-order valence-electron chi connectivity index (χ3n) is 3.26. The number of rotatable bonds is 3. The Morgan fingerprint density at radius 1 is 1.33 bits per heavy atom. The second-order valence-corrected chi connectivity index (χ2v) is 4.98. The van der Waals surface area contributed by atoms with Crippen molar-refractivity contribution in [1.29, 1.82) is 0 Å². The van der Waals surface area contributed by atoms with Crippen LogP contribution in [0.5, 0.6) is 5.75 Å². The van der Waals surface area contributed by atoms with Gasteiger partial charge in [0, 0.05) is 0 Å². The summed E-state index contributed by atoms with van der Waals surface area (Å²) in [5.41, 5.74) is 1.08. The average Bonchev–Trinajstić information content (AvgIpc) is 2.22. The number of alkyl halides is 3. The third kappa shape index (κ3) is 2.91. The van der Waals surface area contributed by atoms with E-state index in [0.717, 1.165) is 12.0 Å². The molecule has 0 N–H and O–H groups in total. The molecule has 1 saturated carbocycles. The third-order valence-corrected chi connectivity index (χ3v) is 3.55. The molecule has 0 atom stereocenters. The summed E-state index contributed by atoms with van der Waals surface area (Å²) in [6.45, 7) is 2.01. The Bertz CT molecular complexity index is 425. The van der Waals surface area contributed by atoms with Gasteiger partial charge in [-0.1, -0.05) is 24.6 Å². The van der Waals surface area contributed by atoms with Gasteiger partial charge in [0.25, 0.3) is 0 Å². The molecule has 2 rings (SSSR count). The van der Waals surface area contributed by atoms with Gasteiger partial charge in [-0.2, -0.15) is 13.2 Å². The minimum atomic E-state index is -4.10. The maximum atomic E-state index is 12.3. The molecule has 18 heavy (non-hydrogen) atoms. The molecule has 0 bridgehead atoms. The molecule has 0 aliphatic heterocycles. The van der Waals surface area contributed by atoms with Crippen molar-refractivity contribution in [3.05, 3.63) is 28.8 Å². The zero-order chi connectivity index (χ0) is 13.3. The van der Waals surface area contributed by atoms with Gasteiger partial charge < -0.3 is 4.74 Å². The Morgan fingerprint density at radius 3 is 2.50 bits per heavy atom. The second-order valence-electron chi connectivity index (χ2n) is 4.57. The molecule has 0 unspecified atom stereocenters. The van der Waals surface area contributed by atoms with Gasteiger partial charge in [-0.05, 0) is 37.0 Å². The van der Waals surface area contributed by atoms with Crippen LogP contribution in [0.4, 0.5) is 13.2 Å². The van der Waals surface area contributed by atoms with Gasteiger partial charge in [0.05, 0.1) is 17.0 Å². The molecule has 0 saturated heterocycles. The van der Waals surface area contributed by atoms with E-state index in [0.29, 0.717) is 10.8 Å². The van der Waals surface area contributed by atoms with E-state index < -0.39 is 12.1 Å². The Labute approximate surface area is 109 Å². The topological polar surface area (TPSA) is 9.23 Å². The number of halogens is 4. The van der Waals surface area contributed by atoms with E-state index in [1.54, 1.807) is 12.1 Å². The van der Waals surface area contributed by atoms with Crippen LogP contribution in [0.2, 0.25) is 5.02 Å². The van der Waals surface area contributed by atoms with Crippen LogP contribution in [-0.4, -0.2) is 12.3 Å². The minimum Gasteiger partial charge on any atom is -0.489 e. The number of benzene rings is 1. The highest BCUT2D eigenvalue weighted by atomic mass is 35.5. The summed E-state index contributed by atoms with van der Waals surface area (Å²) in [5.74, 6) is -0.754. The lowest BCUT2D eigenvalue weighted by Gasteiger charge is -2.36. The van der Waals surface area contributed by atoms with Crippen LogP contribution in [0, 0.1) is 5.92 Å². The first-order valence-corrected chi connectivity index (χ1v) is 6.29. The summed E-state index contributed by atoms with van der Waals surface area (Å²) in [6, 6.07) is 5.39. The van der Waals surface area contributed by atoms with Crippen LogP contribution in [0.3, 0.4) is 0 Å². The van der Waals surface area contributed by atoms with E-state index in [-0.39, 0.29) is 18.9 Å². The molecule has 1 aliphatic carbocycles. The molecule has 0 amide bonds. The number of hydrogen-bond donors (Lipinski definition) is 0. The Morgan fingerprint density at radius 2 is 2.00 bits per heavy atom.